The van der Waals surface area contributed by atoms with Gasteiger partial charge in [0.05, 0.1) is 28.4 Å². The van der Waals surface area contributed by atoms with Crippen LogP contribution < -0.4 is 45.9 Å². The molecule has 2 aliphatic carbocycles. The number of methoxy groups -OCH3 is 4. The monoisotopic (exact) mass is 835 g/mol. The summed E-state index contributed by atoms with van der Waals surface area (Å²) in [4.78, 5) is 48.9. The van der Waals surface area contributed by atoms with Crippen LogP contribution >= 0.6 is 0 Å². The minimum Gasteiger partial charge on any atom is -0.493 e. The van der Waals surface area contributed by atoms with Crippen molar-refractivity contribution in [3.8, 4) is 23.0 Å². The second-order valence-electron chi connectivity index (χ2n) is 16.8. The number of ether oxygens (including phenoxy) is 4. The van der Waals surface area contributed by atoms with Gasteiger partial charge in [0.25, 0.3) is 11.8 Å². The molecule has 0 unspecified atom stereocenters. The third kappa shape index (κ3) is 11.5. The Morgan fingerprint density at radius 2 is 0.902 bits per heavy atom. The second-order valence-corrected chi connectivity index (χ2v) is 16.8. The summed E-state index contributed by atoms with van der Waals surface area (Å²) >= 11 is 0. The normalized spacial score (nSPS) is 15.0. The van der Waals surface area contributed by atoms with Crippen LogP contribution in [0.3, 0.4) is 0 Å². The molecule has 0 aliphatic heterocycles. The Morgan fingerprint density at radius 1 is 0.541 bits per heavy atom. The van der Waals surface area contributed by atoms with Crippen molar-refractivity contribution in [2.75, 3.05) is 52.2 Å². The minimum atomic E-state index is -0.505. The average molecular weight is 836 g/mol. The topological polar surface area (TPSA) is 179 Å². The fourth-order valence-electron chi connectivity index (χ4n) is 8.19. The van der Waals surface area contributed by atoms with Crippen LogP contribution in [0.4, 0.5) is 16.2 Å². The van der Waals surface area contributed by atoms with Crippen molar-refractivity contribution >= 4 is 35.1 Å². The molecular formula is C48H61N5O8. The molecule has 0 radical (unpaired) electrons. The molecule has 2 fully saturated rings. The van der Waals surface area contributed by atoms with Crippen LogP contribution in [0.1, 0.15) is 104 Å². The molecule has 61 heavy (non-hydrogen) atoms. The van der Waals surface area contributed by atoms with E-state index in [0.717, 1.165) is 62.6 Å². The fourth-order valence-corrected chi connectivity index (χ4v) is 8.19. The average Bonchev–Trinajstić information content (AvgIpc) is 3.96. The lowest BCUT2D eigenvalue weighted by Crippen LogP contribution is -2.43. The first-order chi connectivity index (χ1) is 29.2. The van der Waals surface area contributed by atoms with E-state index in [2.05, 4.69) is 33.4 Å². The molecule has 13 heteroatoms. The standard InChI is InChI=1S/C26H34N2O4.C22H27N3O4/c1-25(2,3)24(30)27-17-26(14-6-7-15-26)19-9-11-20(12-10-19)28-23(29)18-8-13-21(31-4)22(16-18)32-5;1-28-18-10-5-15(13-19(18)29-2)20(26)25-17-8-6-16(7-9-17)22(11-3-4-12-22)14-24-21(23)27/h8-13,16H,6-7,14-15,17H2,1-5H3,(H,27,30)(H,28,29);5-10,13H,3-4,11-12,14H2,1-2H3,(H,25,26)(H3,23,24,27). The van der Waals surface area contributed by atoms with Gasteiger partial charge in [-0.3, -0.25) is 14.4 Å². The minimum absolute atomic E-state index is 0.0488. The molecule has 4 aromatic rings. The van der Waals surface area contributed by atoms with E-state index < -0.39 is 11.4 Å². The maximum absolute atomic E-state index is 12.7. The molecule has 0 atom stereocenters. The first kappa shape index (κ1) is 45.8. The van der Waals surface area contributed by atoms with Crippen LogP contribution in [0.15, 0.2) is 84.9 Å². The SMILES string of the molecule is COc1ccc(C(=O)Nc2ccc(C3(CNC(=O)C(C)(C)C)CCCC3)cc2)cc1OC.COc1ccc(C(=O)Nc2ccc(C3(CNC(N)=O)CCCC3)cc2)cc1OC. The molecule has 2 aliphatic rings. The van der Waals surface area contributed by atoms with E-state index in [0.29, 0.717) is 52.9 Å². The zero-order chi connectivity index (χ0) is 44.2. The largest absolute Gasteiger partial charge is 0.493 e. The Morgan fingerprint density at radius 3 is 1.23 bits per heavy atom. The van der Waals surface area contributed by atoms with Crippen LogP contribution in [0.25, 0.3) is 0 Å². The number of benzene rings is 4. The molecule has 326 valence electrons. The molecule has 0 spiro atoms. The Labute approximate surface area is 359 Å². The van der Waals surface area contributed by atoms with Crippen LogP contribution in [0.5, 0.6) is 23.0 Å². The first-order valence-corrected chi connectivity index (χ1v) is 20.8. The number of carbonyl (C=O) groups excluding carboxylic acids is 4. The molecule has 13 nitrogen and oxygen atoms in total. The number of anilines is 2. The summed E-state index contributed by atoms with van der Waals surface area (Å²) in [6, 6.07) is 25.4. The third-order valence-corrected chi connectivity index (χ3v) is 11.8. The number of nitrogens with two attached hydrogens (primary N) is 1. The predicted molar refractivity (Wildman–Crippen MR) is 238 cm³/mol. The van der Waals surface area contributed by atoms with Gasteiger partial charge in [-0.25, -0.2) is 4.79 Å². The highest BCUT2D eigenvalue weighted by molar-refractivity contribution is 6.05. The highest BCUT2D eigenvalue weighted by Crippen LogP contribution is 2.42. The van der Waals surface area contributed by atoms with E-state index in [4.69, 9.17) is 24.7 Å². The van der Waals surface area contributed by atoms with Gasteiger partial charge in [0.15, 0.2) is 23.0 Å². The van der Waals surface area contributed by atoms with Crippen molar-refractivity contribution in [2.45, 2.75) is 83.0 Å². The number of rotatable bonds is 14. The van der Waals surface area contributed by atoms with Gasteiger partial charge in [-0.15, -0.1) is 0 Å². The van der Waals surface area contributed by atoms with Crippen LogP contribution in [-0.4, -0.2) is 65.3 Å². The zero-order valence-corrected chi connectivity index (χ0v) is 36.5. The molecule has 0 heterocycles. The van der Waals surface area contributed by atoms with Crippen molar-refractivity contribution < 1.29 is 38.1 Å². The highest BCUT2D eigenvalue weighted by Gasteiger charge is 2.37. The van der Waals surface area contributed by atoms with Crippen LogP contribution in [0, 0.1) is 5.41 Å². The molecule has 6 N–H and O–H groups in total. The number of hydrogen-bond donors (Lipinski definition) is 5. The predicted octanol–water partition coefficient (Wildman–Crippen LogP) is 8.37. The molecular weight excluding hydrogens is 775 g/mol. The number of carbonyl (C=O) groups is 4. The summed E-state index contributed by atoms with van der Waals surface area (Å²) in [5.41, 5.74) is 9.45. The lowest BCUT2D eigenvalue weighted by molar-refractivity contribution is -0.128. The molecule has 2 saturated carbocycles. The Balaban J connectivity index is 0.000000232. The van der Waals surface area contributed by atoms with Gasteiger partial charge in [0, 0.05) is 51.8 Å². The van der Waals surface area contributed by atoms with Crippen LogP contribution in [-0.2, 0) is 15.6 Å². The lowest BCUT2D eigenvalue weighted by Gasteiger charge is -2.31. The van der Waals surface area contributed by atoms with Gasteiger partial charge in [0.2, 0.25) is 5.91 Å². The molecule has 0 bridgehead atoms. The number of nitrogens with one attached hydrogen (secondary N) is 4. The molecule has 4 aromatic carbocycles. The summed E-state index contributed by atoms with van der Waals surface area (Å²) in [6.45, 7) is 6.96. The summed E-state index contributed by atoms with van der Waals surface area (Å²) in [7, 11) is 6.19. The highest BCUT2D eigenvalue weighted by atomic mass is 16.5. The van der Waals surface area contributed by atoms with Gasteiger partial charge in [-0.1, -0.05) is 70.7 Å². The second kappa shape index (κ2) is 20.3. The third-order valence-electron chi connectivity index (χ3n) is 11.8. The molecule has 0 aromatic heterocycles. The zero-order valence-electron chi connectivity index (χ0n) is 36.5. The van der Waals surface area contributed by atoms with Crippen LogP contribution in [0.2, 0.25) is 0 Å². The van der Waals surface area contributed by atoms with Gasteiger partial charge in [-0.2, -0.15) is 0 Å². The smallest absolute Gasteiger partial charge is 0.312 e. The van der Waals surface area contributed by atoms with Gasteiger partial charge >= 0.3 is 6.03 Å². The van der Waals surface area contributed by atoms with Crippen molar-refractivity contribution in [1.82, 2.24) is 10.6 Å². The van der Waals surface area contributed by atoms with Crippen molar-refractivity contribution in [3.63, 3.8) is 0 Å². The quantitative estimate of drug-likeness (QED) is 0.0841. The van der Waals surface area contributed by atoms with Gasteiger partial charge < -0.3 is 45.9 Å². The maximum Gasteiger partial charge on any atom is 0.312 e. The van der Waals surface area contributed by atoms with E-state index in [1.54, 1.807) is 57.7 Å². The Kier molecular flexibility index (Phi) is 15.3. The fraction of sp³-hybridized carbons (Fsp3) is 0.417. The Hall–Kier alpha value is -6.24. The molecule has 5 amide bonds. The lowest BCUT2D eigenvalue weighted by atomic mass is 9.78. The van der Waals surface area contributed by atoms with E-state index in [-0.39, 0.29) is 28.6 Å². The van der Waals surface area contributed by atoms with E-state index >= 15 is 0 Å². The van der Waals surface area contributed by atoms with Crippen molar-refractivity contribution in [1.29, 1.82) is 0 Å². The number of amides is 5. The van der Waals surface area contributed by atoms with E-state index in [1.807, 2.05) is 57.2 Å². The number of primary amides is 1. The van der Waals surface area contributed by atoms with E-state index in [9.17, 15) is 19.2 Å². The Bertz CT molecular complexity index is 2130. The summed E-state index contributed by atoms with van der Waals surface area (Å²) in [5.74, 6) is 1.78. The number of urea groups is 1. The van der Waals surface area contributed by atoms with Gasteiger partial charge in [0.1, 0.15) is 0 Å². The first-order valence-electron chi connectivity index (χ1n) is 20.8. The van der Waals surface area contributed by atoms with Gasteiger partial charge in [-0.05, 0) is 97.5 Å². The molecule has 6 rings (SSSR count). The molecule has 0 saturated heterocycles. The summed E-state index contributed by atoms with van der Waals surface area (Å²) in [5, 5.41) is 11.8. The maximum atomic E-state index is 12.7. The summed E-state index contributed by atoms with van der Waals surface area (Å²) < 4.78 is 21.0. The van der Waals surface area contributed by atoms with Crippen molar-refractivity contribution in [3.05, 3.63) is 107 Å². The van der Waals surface area contributed by atoms with E-state index in [1.165, 1.54) is 12.7 Å². The number of hydrogen-bond acceptors (Lipinski definition) is 8. The summed E-state index contributed by atoms with van der Waals surface area (Å²) in [6.07, 6.45) is 8.67. The van der Waals surface area contributed by atoms with Crippen molar-refractivity contribution in [2.24, 2.45) is 11.1 Å².